The van der Waals surface area contributed by atoms with E-state index in [4.69, 9.17) is 0 Å². The molecule has 1 unspecified atom stereocenters. The van der Waals surface area contributed by atoms with E-state index in [1.54, 1.807) is 25.1 Å². The summed E-state index contributed by atoms with van der Waals surface area (Å²) in [7, 11) is 0. The molecule has 1 aromatic carbocycles. The highest BCUT2D eigenvalue weighted by molar-refractivity contribution is 6.46. The molecule has 192 valence electrons. The minimum atomic E-state index is -1.73. The number of hydrogen-bond donors (Lipinski definition) is 2. The number of hydrogen-bond acceptors (Lipinski definition) is 6. The fourth-order valence-electron chi connectivity index (χ4n) is 5.16. The molecule has 37 heavy (non-hydrogen) atoms. The van der Waals surface area contributed by atoms with Crippen molar-refractivity contribution >= 4 is 29.3 Å². The van der Waals surface area contributed by atoms with Crippen molar-refractivity contribution in [3.05, 3.63) is 65.2 Å². The standard InChI is InChI=1S/C26H25F2N5O4/c1-15-11-16(4-5-18(15)27)12-30-22(36)19-20(34)23(37)33-14-25(28)6-8-26(9-7-25,24(33)31-19)32-21(35)17-3-2-10-29-13-17/h2-5,10-11,13,19H,6-9,12,14H2,1H3,(H,30,36)(H,32,35). The molecule has 2 N–H and O–H groups in total. The van der Waals surface area contributed by atoms with E-state index in [9.17, 15) is 23.6 Å². The van der Waals surface area contributed by atoms with Crippen LogP contribution in [0.4, 0.5) is 8.78 Å². The van der Waals surface area contributed by atoms with E-state index >= 15 is 4.39 Å². The van der Waals surface area contributed by atoms with E-state index in [0.717, 1.165) is 4.90 Å². The largest absolute Gasteiger partial charge is 0.350 e. The first-order chi connectivity index (χ1) is 17.6. The van der Waals surface area contributed by atoms with Crippen molar-refractivity contribution in [3.8, 4) is 0 Å². The van der Waals surface area contributed by atoms with Gasteiger partial charge in [-0.3, -0.25) is 29.1 Å². The van der Waals surface area contributed by atoms with Crippen LogP contribution in [0, 0.1) is 12.7 Å². The number of rotatable bonds is 5. The zero-order chi connectivity index (χ0) is 26.4. The van der Waals surface area contributed by atoms with Crippen LogP contribution >= 0.6 is 0 Å². The summed E-state index contributed by atoms with van der Waals surface area (Å²) in [5.74, 6) is -3.77. The molecular weight excluding hydrogens is 484 g/mol. The predicted octanol–water partition coefficient (Wildman–Crippen LogP) is 1.79. The Morgan fingerprint density at radius 2 is 1.92 bits per heavy atom. The Morgan fingerprint density at radius 3 is 2.59 bits per heavy atom. The number of nitrogens with one attached hydrogen (secondary N) is 2. The Balaban J connectivity index is 1.46. The maximum atomic E-state index is 15.5. The number of alkyl halides is 1. The van der Waals surface area contributed by atoms with Crippen molar-refractivity contribution in [3.63, 3.8) is 0 Å². The number of fused-ring (bicyclic) bond motifs is 2. The average Bonchev–Trinajstić information content (AvgIpc) is 3.09. The maximum Gasteiger partial charge on any atom is 0.298 e. The van der Waals surface area contributed by atoms with Crippen LogP contribution in [0.3, 0.4) is 0 Å². The molecule has 4 aliphatic rings. The summed E-state index contributed by atoms with van der Waals surface area (Å²) in [5.41, 5.74) is -1.70. The van der Waals surface area contributed by atoms with Crippen LogP contribution in [0.15, 0.2) is 47.7 Å². The van der Waals surface area contributed by atoms with Crippen LogP contribution in [0.2, 0.25) is 0 Å². The second-order valence-electron chi connectivity index (χ2n) is 9.84. The number of ketones is 1. The number of amides is 3. The van der Waals surface area contributed by atoms with E-state index in [2.05, 4.69) is 20.6 Å². The monoisotopic (exact) mass is 509 g/mol. The zero-order valence-corrected chi connectivity index (χ0v) is 20.1. The Labute approximate surface area is 211 Å². The summed E-state index contributed by atoms with van der Waals surface area (Å²) < 4.78 is 29.1. The lowest BCUT2D eigenvalue weighted by Gasteiger charge is -2.41. The van der Waals surface area contributed by atoms with Crippen molar-refractivity contribution < 1.29 is 28.0 Å². The summed E-state index contributed by atoms with van der Waals surface area (Å²) in [5, 5.41) is 5.49. The Hall–Kier alpha value is -4.02. The molecule has 2 aromatic rings. The molecular formula is C26H25F2N5O4. The quantitative estimate of drug-likeness (QED) is 0.470. The Kier molecular flexibility index (Phi) is 6.09. The molecule has 1 atom stereocenters. The second-order valence-corrected chi connectivity index (χ2v) is 9.84. The van der Waals surface area contributed by atoms with Gasteiger partial charge < -0.3 is 10.6 Å². The normalized spacial score (nSPS) is 26.7. The van der Waals surface area contributed by atoms with Crippen molar-refractivity contribution in [2.45, 2.75) is 56.4 Å². The number of carbonyl (C=O) groups excluding carboxylic acids is 4. The van der Waals surface area contributed by atoms with Gasteiger partial charge in [0, 0.05) is 18.9 Å². The third-order valence-electron chi connectivity index (χ3n) is 7.29. The molecule has 11 heteroatoms. The third-order valence-corrected chi connectivity index (χ3v) is 7.29. The van der Waals surface area contributed by atoms with E-state index in [0.29, 0.717) is 11.1 Å². The van der Waals surface area contributed by atoms with Crippen molar-refractivity contribution in [2.24, 2.45) is 4.99 Å². The molecule has 3 amide bonds. The molecule has 0 spiro atoms. The van der Waals surface area contributed by atoms with Crippen molar-refractivity contribution in [1.29, 1.82) is 0 Å². The highest BCUT2D eigenvalue weighted by Crippen LogP contribution is 2.44. The molecule has 2 bridgehead atoms. The topological polar surface area (TPSA) is 121 Å². The molecule has 3 fully saturated rings. The number of Topliss-reactive ketones (excluding diaryl/α,β-unsaturated/α-hetero) is 1. The summed E-state index contributed by atoms with van der Waals surface area (Å²) in [4.78, 5) is 61.4. The molecule has 1 saturated carbocycles. The van der Waals surface area contributed by atoms with Crippen LogP contribution in [0.1, 0.15) is 47.2 Å². The number of halogens is 2. The van der Waals surface area contributed by atoms with Crippen LogP contribution < -0.4 is 10.6 Å². The highest BCUT2D eigenvalue weighted by Gasteiger charge is 2.58. The summed E-state index contributed by atoms with van der Waals surface area (Å²) in [6.45, 7) is 1.20. The van der Waals surface area contributed by atoms with E-state index < -0.39 is 40.8 Å². The fraction of sp³-hybridized carbons (Fsp3) is 0.385. The summed E-state index contributed by atoms with van der Waals surface area (Å²) in [6.07, 6.45) is 3.31. The highest BCUT2D eigenvalue weighted by atomic mass is 19.1. The van der Waals surface area contributed by atoms with E-state index in [1.807, 2.05) is 0 Å². The van der Waals surface area contributed by atoms with Gasteiger partial charge in [0.1, 0.15) is 17.3 Å². The average molecular weight is 510 g/mol. The molecule has 1 aromatic heterocycles. The molecule has 3 aliphatic heterocycles. The van der Waals surface area contributed by atoms with Gasteiger partial charge in [0.2, 0.25) is 0 Å². The number of pyridine rings is 1. The van der Waals surface area contributed by atoms with Gasteiger partial charge >= 0.3 is 0 Å². The first-order valence-corrected chi connectivity index (χ1v) is 12.0. The van der Waals surface area contributed by atoms with Gasteiger partial charge in [-0.25, -0.2) is 13.8 Å². The van der Waals surface area contributed by atoms with Gasteiger partial charge in [-0.1, -0.05) is 12.1 Å². The lowest BCUT2D eigenvalue weighted by atomic mass is 9.76. The maximum absolute atomic E-state index is 15.5. The van der Waals surface area contributed by atoms with E-state index in [1.165, 1.54) is 24.5 Å². The molecule has 2 saturated heterocycles. The fourth-order valence-corrected chi connectivity index (χ4v) is 5.16. The van der Waals surface area contributed by atoms with Gasteiger partial charge in [0.25, 0.3) is 23.5 Å². The minimum Gasteiger partial charge on any atom is -0.350 e. The van der Waals surface area contributed by atoms with Crippen molar-refractivity contribution in [1.82, 2.24) is 20.5 Å². The van der Waals surface area contributed by atoms with Gasteiger partial charge in [0.05, 0.1) is 17.6 Å². The van der Waals surface area contributed by atoms with Crippen molar-refractivity contribution in [2.75, 3.05) is 6.54 Å². The van der Waals surface area contributed by atoms with Gasteiger partial charge in [0.15, 0.2) is 6.04 Å². The summed E-state index contributed by atoms with van der Waals surface area (Å²) >= 11 is 0. The SMILES string of the molecule is Cc1cc(CNC(=O)C2N=C3N(CC4(F)CCC3(NC(=O)c3cccnc3)CC4)C(=O)C2=O)ccc1F. The number of amidine groups is 1. The molecule has 6 rings (SSSR count). The van der Waals surface area contributed by atoms with Crippen LogP contribution in [-0.2, 0) is 20.9 Å². The first-order valence-electron chi connectivity index (χ1n) is 12.0. The number of benzene rings is 1. The van der Waals surface area contributed by atoms with Gasteiger partial charge in [-0.15, -0.1) is 0 Å². The lowest BCUT2D eigenvalue weighted by molar-refractivity contribution is -0.146. The molecule has 1 aliphatic carbocycles. The Bertz CT molecular complexity index is 1320. The molecule has 9 nitrogen and oxygen atoms in total. The molecule has 0 radical (unpaired) electrons. The second kappa shape index (κ2) is 9.13. The van der Waals surface area contributed by atoms with E-state index in [-0.39, 0.29) is 56.0 Å². The number of aryl methyl sites for hydroxylation is 1. The first kappa shape index (κ1) is 24.7. The van der Waals surface area contributed by atoms with Gasteiger partial charge in [-0.05, 0) is 61.9 Å². The van der Waals surface area contributed by atoms with Gasteiger partial charge in [-0.2, -0.15) is 0 Å². The Morgan fingerprint density at radius 1 is 1.16 bits per heavy atom. The van der Waals surface area contributed by atoms with Crippen LogP contribution in [0.5, 0.6) is 0 Å². The lowest BCUT2D eigenvalue weighted by Crippen LogP contribution is -2.64. The number of aromatic nitrogens is 1. The number of carbonyl (C=O) groups is 4. The predicted molar refractivity (Wildman–Crippen MR) is 128 cm³/mol. The number of aliphatic imine (C=N–C) groups is 1. The smallest absolute Gasteiger partial charge is 0.298 e. The minimum absolute atomic E-state index is 0.0109. The van der Waals surface area contributed by atoms with Crippen LogP contribution in [-0.4, -0.2) is 63.0 Å². The third kappa shape index (κ3) is 4.49. The molecule has 4 heterocycles. The van der Waals surface area contributed by atoms with Crippen LogP contribution in [0.25, 0.3) is 0 Å². The summed E-state index contributed by atoms with van der Waals surface area (Å²) in [6, 6.07) is 5.82. The zero-order valence-electron chi connectivity index (χ0n) is 20.1. The number of nitrogens with zero attached hydrogens (tertiary/aromatic N) is 3.